The molecule has 0 heterocycles. The van der Waals surface area contributed by atoms with Crippen molar-refractivity contribution < 1.29 is 26.8 Å². The molecule has 0 saturated carbocycles. The van der Waals surface area contributed by atoms with Crippen LogP contribution in [0.1, 0.15) is 38.7 Å². The van der Waals surface area contributed by atoms with Crippen LogP contribution in [0.15, 0.2) is 48.5 Å². The molecule has 8 nitrogen and oxygen atoms in total. The number of nitrogens with zero attached hydrogens (tertiary/aromatic N) is 3. The minimum Gasteiger partial charge on any atom is -0.354 e. The van der Waals surface area contributed by atoms with Gasteiger partial charge >= 0.3 is 10.2 Å². The van der Waals surface area contributed by atoms with Gasteiger partial charge < -0.3 is 10.2 Å². The smallest absolute Gasteiger partial charge is 0.304 e. The van der Waals surface area contributed by atoms with Crippen LogP contribution in [0.3, 0.4) is 0 Å². The van der Waals surface area contributed by atoms with Crippen molar-refractivity contribution >= 4 is 27.7 Å². The zero-order valence-corrected chi connectivity index (χ0v) is 21.9. The molecule has 1 N–H and O–H groups in total. The Balaban J connectivity index is 2.47. The standard InChI is InChI=1S/C25H34F2N4O4S/c1-5-7-16-28-25(33)22(6-2)30(17-19-12-14-20(26)15-13-19)24(32)18-31(36(34,35)29(3)4)23-11-9-8-10-21(23)27/h8-15,22H,5-7,16-18H2,1-4H3,(H,28,33)/t22-/m0/s1. The molecule has 1 atom stereocenters. The summed E-state index contributed by atoms with van der Waals surface area (Å²) in [6.45, 7) is 3.35. The van der Waals surface area contributed by atoms with Crippen LogP contribution in [0.2, 0.25) is 0 Å². The fourth-order valence-corrected chi connectivity index (χ4v) is 4.63. The number of anilines is 1. The van der Waals surface area contributed by atoms with Crippen molar-refractivity contribution in [1.82, 2.24) is 14.5 Å². The Bertz CT molecular complexity index is 1130. The lowest BCUT2D eigenvalue weighted by molar-refractivity contribution is -0.140. The van der Waals surface area contributed by atoms with Crippen LogP contribution in [0, 0.1) is 11.6 Å². The Labute approximate surface area is 212 Å². The summed E-state index contributed by atoms with van der Waals surface area (Å²) in [6, 6.07) is 9.79. The Morgan fingerprint density at radius 3 is 2.19 bits per heavy atom. The quantitative estimate of drug-likeness (QED) is 0.407. The predicted molar refractivity (Wildman–Crippen MR) is 135 cm³/mol. The van der Waals surface area contributed by atoms with E-state index in [-0.39, 0.29) is 24.6 Å². The Hall–Kier alpha value is -3.05. The summed E-state index contributed by atoms with van der Waals surface area (Å²) in [6.07, 6.45) is 1.89. The van der Waals surface area contributed by atoms with Crippen LogP contribution in [0.5, 0.6) is 0 Å². The first-order chi connectivity index (χ1) is 17.0. The summed E-state index contributed by atoms with van der Waals surface area (Å²) < 4.78 is 55.8. The highest BCUT2D eigenvalue weighted by Gasteiger charge is 2.34. The van der Waals surface area contributed by atoms with Crippen LogP contribution in [-0.2, 0) is 26.3 Å². The van der Waals surface area contributed by atoms with Crippen molar-refractivity contribution in [2.45, 2.75) is 45.7 Å². The Morgan fingerprint density at radius 1 is 1.00 bits per heavy atom. The highest BCUT2D eigenvalue weighted by molar-refractivity contribution is 7.90. The molecule has 0 fully saturated rings. The first-order valence-electron chi connectivity index (χ1n) is 11.8. The topological polar surface area (TPSA) is 90.0 Å². The van der Waals surface area contributed by atoms with Crippen molar-refractivity contribution in [3.8, 4) is 0 Å². The number of carbonyl (C=O) groups is 2. The number of unbranched alkanes of at least 4 members (excludes halogenated alkanes) is 1. The second-order valence-electron chi connectivity index (χ2n) is 8.46. The SMILES string of the molecule is CCCCNC(=O)[C@H](CC)N(Cc1ccc(F)cc1)C(=O)CN(c1ccccc1F)S(=O)(=O)N(C)C. The van der Waals surface area contributed by atoms with E-state index in [1.807, 2.05) is 6.92 Å². The second-order valence-corrected chi connectivity index (χ2v) is 10.5. The van der Waals surface area contributed by atoms with Gasteiger partial charge in [0, 0.05) is 27.2 Å². The number of hydrogen-bond acceptors (Lipinski definition) is 4. The van der Waals surface area contributed by atoms with Crippen molar-refractivity contribution in [3.05, 3.63) is 65.7 Å². The molecule has 36 heavy (non-hydrogen) atoms. The van der Waals surface area contributed by atoms with Gasteiger partial charge in [-0.05, 0) is 42.7 Å². The van der Waals surface area contributed by atoms with Gasteiger partial charge in [-0.2, -0.15) is 12.7 Å². The first-order valence-corrected chi connectivity index (χ1v) is 13.2. The molecule has 0 aliphatic rings. The lowest BCUT2D eigenvalue weighted by atomic mass is 10.1. The maximum atomic E-state index is 14.6. The van der Waals surface area contributed by atoms with Gasteiger partial charge in [-0.1, -0.05) is 44.5 Å². The van der Waals surface area contributed by atoms with Gasteiger partial charge in [0.15, 0.2) is 0 Å². The highest BCUT2D eigenvalue weighted by atomic mass is 32.2. The number of para-hydroxylation sites is 1. The average molecular weight is 525 g/mol. The van der Waals surface area contributed by atoms with Gasteiger partial charge in [-0.3, -0.25) is 9.59 Å². The maximum absolute atomic E-state index is 14.6. The molecule has 2 amide bonds. The van der Waals surface area contributed by atoms with E-state index in [2.05, 4.69) is 5.32 Å². The minimum absolute atomic E-state index is 0.0636. The molecule has 198 valence electrons. The predicted octanol–water partition coefficient (Wildman–Crippen LogP) is 3.30. The molecule has 2 aromatic carbocycles. The summed E-state index contributed by atoms with van der Waals surface area (Å²) in [5.41, 5.74) is 0.263. The maximum Gasteiger partial charge on any atom is 0.304 e. The number of halogens is 2. The molecule has 0 spiro atoms. The number of hydrogen-bond donors (Lipinski definition) is 1. The molecule has 0 radical (unpaired) electrons. The third kappa shape index (κ3) is 7.47. The van der Waals surface area contributed by atoms with Gasteiger partial charge in [0.1, 0.15) is 24.2 Å². The molecule has 0 aliphatic heterocycles. The molecular weight excluding hydrogens is 490 g/mol. The molecule has 2 rings (SSSR count). The Morgan fingerprint density at radius 2 is 1.64 bits per heavy atom. The van der Waals surface area contributed by atoms with E-state index in [0.717, 1.165) is 23.2 Å². The fourth-order valence-electron chi connectivity index (χ4n) is 3.57. The summed E-state index contributed by atoms with van der Waals surface area (Å²) >= 11 is 0. The summed E-state index contributed by atoms with van der Waals surface area (Å²) in [5, 5.41) is 2.81. The van der Waals surface area contributed by atoms with Crippen LogP contribution in [-0.4, -0.2) is 62.7 Å². The van der Waals surface area contributed by atoms with Gasteiger partial charge in [-0.15, -0.1) is 0 Å². The highest BCUT2D eigenvalue weighted by Crippen LogP contribution is 2.24. The van der Waals surface area contributed by atoms with Gasteiger partial charge in [0.2, 0.25) is 11.8 Å². The lowest BCUT2D eigenvalue weighted by Crippen LogP contribution is -2.53. The van der Waals surface area contributed by atoms with E-state index in [0.29, 0.717) is 16.4 Å². The van der Waals surface area contributed by atoms with Crippen LogP contribution in [0.4, 0.5) is 14.5 Å². The van der Waals surface area contributed by atoms with Crippen molar-refractivity contribution in [3.63, 3.8) is 0 Å². The van der Waals surface area contributed by atoms with Gasteiger partial charge in [0.05, 0.1) is 5.69 Å². The monoisotopic (exact) mass is 524 g/mol. The number of benzene rings is 2. The number of nitrogens with one attached hydrogen (secondary N) is 1. The minimum atomic E-state index is -4.26. The van der Waals surface area contributed by atoms with E-state index < -0.39 is 40.3 Å². The van der Waals surface area contributed by atoms with E-state index >= 15 is 0 Å². The molecule has 11 heteroatoms. The normalized spacial score (nSPS) is 12.3. The van der Waals surface area contributed by atoms with Crippen LogP contribution in [0.25, 0.3) is 0 Å². The number of carbonyl (C=O) groups excluding carboxylic acids is 2. The average Bonchev–Trinajstić information content (AvgIpc) is 2.84. The van der Waals surface area contributed by atoms with Crippen LogP contribution < -0.4 is 9.62 Å². The van der Waals surface area contributed by atoms with Gasteiger partial charge in [-0.25, -0.2) is 13.1 Å². The fraction of sp³-hybridized carbons (Fsp3) is 0.440. The molecular formula is C25H34F2N4O4S. The molecule has 2 aromatic rings. The van der Waals surface area contributed by atoms with E-state index in [4.69, 9.17) is 0 Å². The van der Waals surface area contributed by atoms with E-state index in [1.165, 1.54) is 61.5 Å². The van der Waals surface area contributed by atoms with Crippen LogP contribution >= 0.6 is 0 Å². The molecule has 0 aromatic heterocycles. The lowest BCUT2D eigenvalue weighted by Gasteiger charge is -2.34. The van der Waals surface area contributed by atoms with Crippen molar-refractivity contribution in [2.75, 3.05) is 31.5 Å². The Kier molecular flexibility index (Phi) is 10.8. The molecule has 0 aliphatic carbocycles. The third-order valence-electron chi connectivity index (χ3n) is 5.62. The van der Waals surface area contributed by atoms with Gasteiger partial charge in [0.25, 0.3) is 0 Å². The molecule has 0 bridgehead atoms. The number of rotatable bonds is 13. The number of amides is 2. The molecule has 0 saturated heterocycles. The largest absolute Gasteiger partial charge is 0.354 e. The third-order valence-corrected chi connectivity index (χ3v) is 7.43. The van der Waals surface area contributed by atoms with E-state index in [1.54, 1.807) is 6.92 Å². The second kappa shape index (κ2) is 13.3. The van der Waals surface area contributed by atoms with Crippen molar-refractivity contribution in [1.29, 1.82) is 0 Å². The summed E-state index contributed by atoms with van der Waals surface area (Å²) in [5.74, 6) is -2.35. The summed E-state index contributed by atoms with van der Waals surface area (Å²) in [4.78, 5) is 27.9. The van der Waals surface area contributed by atoms with Crippen molar-refractivity contribution in [2.24, 2.45) is 0 Å². The zero-order valence-electron chi connectivity index (χ0n) is 21.1. The summed E-state index contributed by atoms with van der Waals surface area (Å²) in [7, 11) is -1.71. The molecule has 0 unspecified atom stereocenters. The zero-order chi connectivity index (χ0) is 26.9. The van der Waals surface area contributed by atoms with E-state index in [9.17, 15) is 26.8 Å². The first kappa shape index (κ1) is 29.2.